The number of benzene rings is 1. The summed E-state index contributed by atoms with van der Waals surface area (Å²) >= 11 is 0. The summed E-state index contributed by atoms with van der Waals surface area (Å²) in [7, 11) is 0. The second kappa shape index (κ2) is 5.33. The molecular formula is C13H16F2N2O. The summed E-state index contributed by atoms with van der Waals surface area (Å²) in [6.07, 6.45) is 1.72. The summed E-state index contributed by atoms with van der Waals surface area (Å²) in [6, 6.07) is 3.44. The molecule has 1 aromatic rings. The molecule has 1 amide bonds. The summed E-state index contributed by atoms with van der Waals surface area (Å²) in [5, 5.41) is 2.82. The van der Waals surface area contributed by atoms with Crippen LogP contribution in [0.5, 0.6) is 0 Å². The van der Waals surface area contributed by atoms with Crippen LogP contribution >= 0.6 is 0 Å². The fourth-order valence-electron chi connectivity index (χ4n) is 2.33. The zero-order chi connectivity index (χ0) is 13.1. The Morgan fingerprint density at radius 1 is 1.44 bits per heavy atom. The first-order valence-electron chi connectivity index (χ1n) is 6.03. The van der Waals surface area contributed by atoms with E-state index in [1.165, 1.54) is 13.0 Å². The molecule has 1 saturated heterocycles. The average molecular weight is 254 g/mol. The standard InChI is InChI=1S/C13H16F2N2O/c1-9(18)16-11-3-2-6-17(8-11)13-7-10(14)4-5-12(13)15/h4-5,7,11H,2-3,6,8H2,1H3,(H,16,18). The van der Waals surface area contributed by atoms with Crippen LogP contribution in [0.1, 0.15) is 19.8 Å². The van der Waals surface area contributed by atoms with Crippen LogP contribution in [0.2, 0.25) is 0 Å². The number of hydrogen-bond donors (Lipinski definition) is 1. The van der Waals surface area contributed by atoms with Gasteiger partial charge >= 0.3 is 0 Å². The number of halogens is 2. The number of nitrogens with zero attached hydrogens (tertiary/aromatic N) is 1. The molecule has 1 fully saturated rings. The highest BCUT2D eigenvalue weighted by Crippen LogP contribution is 2.24. The normalized spacial score (nSPS) is 19.7. The van der Waals surface area contributed by atoms with E-state index in [0.29, 0.717) is 13.1 Å². The predicted molar refractivity (Wildman–Crippen MR) is 65.4 cm³/mol. The molecule has 1 N–H and O–H groups in total. The van der Waals surface area contributed by atoms with E-state index in [0.717, 1.165) is 25.0 Å². The molecule has 98 valence electrons. The third-order valence-electron chi connectivity index (χ3n) is 3.08. The summed E-state index contributed by atoms with van der Waals surface area (Å²) < 4.78 is 26.8. The number of nitrogens with one attached hydrogen (secondary N) is 1. The number of carbonyl (C=O) groups is 1. The Morgan fingerprint density at radius 2 is 2.22 bits per heavy atom. The van der Waals surface area contributed by atoms with Crippen molar-refractivity contribution in [3.05, 3.63) is 29.8 Å². The lowest BCUT2D eigenvalue weighted by Crippen LogP contribution is -2.47. The molecule has 0 spiro atoms. The van der Waals surface area contributed by atoms with Gasteiger partial charge in [0.2, 0.25) is 5.91 Å². The minimum absolute atomic E-state index is 0.00100. The number of anilines is 1. The van der Waals surface area contributed by atoms with Crippen molar-refractivity contribution in [2.24, 2.45) is 0 Å². The van der Waals surface area contributed by atoms with E-state index in [2.05, 4.69) is 5.32 Å². The lowest BCUT2D eigenvalue weighted by molar-refractivity contribution is -0.119. The molecule has 0 radical (unpaired) electrons. The molecule has 1 heterocycles. The van der Waals surface area contributed by atoms with Crippen LogP contribution in [0, 0.1) is 11.6 Å². The average Bonchev–Trinajstić information content (AvgIpc) is 2.32. The van der Waals surface area contributed by atoms with Gasteiger partial charge in [-0.15, -0.1) is 0 Å². The van der Waals surface area contributed by atoms with Crippen molar-refractivity contribution in [2.45, 2.75) is 25.8 Å². The number of amides is 1. The fraction of sp³-hybridized carbons (Fsp3) is 0.462. The molecule has 2 rings (SSSR count). The Bertz CT molecular complexity index is 451. The van der Waals surface area contributed by atoms with Crippen molar-refractivity contribution < 1.29 is 13.6 Å². The second-order valence-corrected chi connectivity index (χ2v) is 4.58. The number of rotatable bonds is 2. The SMILES string of the molecule is CC(=O)NC1CCCN(c2cc(F)ccc2F)C1. The van der Waals surface area contributed by atoms with Crippen molar-refractivity contribution in [1.82, 2.24) is 5.32 Å². The van der Waals surface area contributed by atoms with Crippen molar-refractivity contribution >= 4 is 11.6 Å². The first-order valence-corrected chi connectivity index (χ1v) is 6.03. The molecule has 0 aliphatic carbocycles. The lowest BCUT2D eigenvalue weighted by atomic mass is 10.0. The molecule has 1 aliphatic rings. The quantitative estimate of drug-likeness (QED) is 0.876. The van der Waals surface area contributed by atoms with Crippen LogP contribution in [0.3, 0.4) is 0 Å². The Balaban J connectivity index is 2.12. The van der Waals surface area contributed by atoms with Gasteiger partial charge in [-0.25, -0.2) is 8.78 Å². The lowest BCUT2D eigenvalue weighted by Gasteiger charge is -2.34. The highest BCUT2D eigenvalue weighted by atomic mass is 19.1. The topological polar surface area (TPSA) is 32.3 Å². The number of carbonyl (C=O) groups excluding carboxylic acids is 1. The van der Waals surface area contributed by atoms with Gasteiger partial charge in [-0.3, -0.25) is 4.79 Å². The van der Waals surface area contributed by atoms with Crippen molar-refractivity contribution in [1.29, 1.82) is 0 Å². The molecule has 3 nitrogen and oxygen atoms in total. The molecule has 1 atom stereocenters. The van der Waals surface area contributed by atoms with Crippen LogP contribution in [0.4, 0.5) is 14.5 Å². The van der Waals surface area contributed by atoms with E-state index >= 15 is 0 Å². The third kappa shape index (κ3) is 2.97. The van der Waals surface area contributed by atoms with E-state index < -0.39 is 11.6 Å². The first-order chi connectivity index (χ1) is 8.56. The van der Waals surface area contributed by atoms with Crippen molar-refractivity contribution in [3.63, 3.8) is 0 Å². The summed E-state index contributed by atoms with van der Waals surface area (Å²) in [6.45, 7) is 2.65. The summed E-state index contributed by atoms with van der Waals surface area (Å²) in [5.41, 5.74) is 0.269. The van der Waals surface area contributed by atoms with Crippen LogP contribution in [0.15, 0.2) is 18.2 Å². The largest absolute Gasteiger partial charge is 0.367 e. The maximum Gasteiger partial charge on any atom is 0.217 e. The van der Waals surface area contributed by atoms with Crippen LogP contribution in [-0.4, -0.2) is 25.0 Å². The Kier molecular flexibility index (Phi) is 3.79. The molecule has 1 aromatic carbocycles. The van der Waals surface area contributed by atoms with Gasteiger partial charge in [-0.1, -0.05) is 0 Å². The molecular weight excluding hydrogens is 238 g/mol. The van der Waals surface area contributed by atoms with E-state index in [1.807, 2.05) is 0 Å². The Hall–Kier alpha value is -1.65. The van der Waals surface area contributed by atoms with Crippen molar-refractivity contribution in [2.75, 3.05) is 18.0 Å². The van der Waals surface area contributed by atoms with Gasteiger partial charge in [0.1, 0.15) is 11.6 Å². The zero-order valence-corrected chi connectivity index (χ0v) is 10.2. The highest BCUT2D eigenvalue weighted by molar-refractivity contribution is 5.73. The molecule has 1 aliphatic heterocycles. The highest BCUT2D eigenvalue weighted by Gasteiger charge is 2.22. The van der Waals surface area contributed by atoms with Gasteiger partial charge < -0.3 is 10.2 Å². The Labute approximate surface area is 105 Å². The van der Waals surface area contributed by atoms with E-state index in [-0.39, 0.29) is 17.6 Å². The monoisotopic (exact) mass is 254 g/mol. The smallest absolute Gasteiger partial charge is 0.217 e. The minimum atomic E-state index is -0.451. The van der Waals surface area contributed by atoms with Crippen LogP contribution in [0.25, 0.3) is 0 Å². The predicted octanol–water partition coefficient (Wildman–Crippen LogP) is 2.07. The number of piperidine rings is 1. The second-order valence-electron chi connectivity index (χ2n) is 4.58. The minimum Gasteiger partial charge on any atom is -0.367 e. The van der Waals surface area contributed by atoms with Crippen molar-refractivity contribution in [3.8, 4) is 0 Å². The van der Waals surface area contributed by atoms with Crippen LogP contribution < -0.4 is 10.2 Å². The summed E-state index contributed by atoms with van der Waals surface area (Å²) in [4.78, 5) is 12.8. The first kappa shape index (κ1) is 12.8. The maximum absolute atomic E-state index is 13.6. The maximum atomic E-state index is 13.6. The molecule has 5 heteroatoms. The molecule has 18 heavy (non-hydrogen) atoms. The van der Waals surface area contributed by atoms with Crippen LogP contribution in [-0.2, 0) is 4.79 Å². The zero-order valence-electron chi connectivity index (χ0n) is 10.2. The van der Waals surface area contributed by atoms with Gasteiger partial charge in [-0.05, 0) is 25.0 Å². The van der Waals surface area contributed by atoms with E-state index in [9.17, 15) is 13.6 Å². The number of hydrogen-bond acceptors (Lipinski definition) is 2. The summed E-state index contributed by atoms with van der Waals surface area (Å²) in [5.74, 6) is -0.977. The third-order valence-corrected chi connectivity index (χ3v) is 3.08. The van der Waals surface area contributed by atoms with E-state index in [4.69, 9.17) is 0 Å². The van der Waals surface area contributed by atoms with Gasteiger partial charge in [0.15, 0.2) is 0 Å². The van der Waals surface area contributed by atoms with Gasteiger partial charge in [0.25, 0.3) is 0 Å². The molecule has 0 bridgehead atoms. The molecule has 0 saturated carbocycles. The van der Waals surface area contributed by atoms with E-state index in [1.54, 1.807) is 4.90 Å². The van der Waals surface area contributed by atoms with Gasteiger partial charge in [0, 0.05) is 32.1 Å². The molecule has 1 unspecified atom stereocenters. The van der Waals surface area contributed by atoms with Gasteiger partial charge in [-0.2, -0.15) is 0 Å². The van der Waals surface area contributed by atoms with Gasteiger partial charge in [0.05, 0.1) is 5.69 Å². The molecule has 0 aromatic heterocycles. The Morgan fingerprint density at radius 3 is 2.94 bits per heavy atom. The fourth-order valence-corrected chi connectivity index (χ4v) is 2.33.